The Balaban J connectivity index is 1.38. The van der Waals surface area contributed by atoms with Crippen LogP contribution in [0.5, 0.6) is 0 Å². The second-order valence-corrected chi connectivity index (χ2v) is 10.9. The van der Waals surface area contributed by atoms with E-state index >= 15 is 0 Å². The number of hydrogen-bond acceptors (Lipinski definition) is 7. The Kier molecular flexibility index (Phi) is 6.61. The second-order valence-electron chi connectivity index (χ2n) is 7.69. The molecule has 0 radical (unpaired) electrons. The molecule has 0 aromatic carbocycles. The molecule has 10 heteroatoms. The third-order valence-electron chi connectivity index (χ3n) is 5.83. The standard InChI is InChI=1S/C21H28N4O4S2/c1-3-17-14-19(30-16(17)2)21(26)24-8-6-23(7-9-24)20-5-4-18(15-22-20)31(27,28)25-10-12-29-13-11-25/h4-5,14-15H,3,6-13H2,1-2H3. The Hall–Kier alpha value is -2.01. The summed E-state index contributed by atoms with van der Waals surface area (Å²) in [4.78, 5) is 23.4. The molecule has 4 rings (SSSR count). The van der Waals surface area contributed by atoms with E-state index in [0.29, 0.717) is 52.5 Å². The molecule has 0 unspecified atom stereocenters. The molecule has 0 saturated carbocycles. The van der Waals surface area contributed by atoms with Crippen molar-refractivity contribution in [2.24, 2.45) is 0 Å². The first-order valence-corrected chi connectivity index (χ1v) is 12.8. The number of piperazine rings is 1. The van der Waals surface area contributed by atoms with E-state index in [2.05, 4.69) is 23.7 Å². The predicted molar refractivity (Wildman–Crippen MR) is 120 cm³/mol. The summed E-state index contributed by atoms with van der Waals surface area (Å²) in [6, 6.07) is 5.39. The summed E-state index contributed by atoms with van der Waals surface area (Å²) >= 11 is 1.57. The zero-order chi connectivity index (χ0) is 22.0. The van der Waals surface area contributed by atoms with E-state index in [1.54, 1.807) is 23.5 Å². The number of anilines is 1. The van der Waals surface area contributed by atoms with Crippen molar-refractivity contribution in [2.45, 2.75) is 25.2 Å². The molecule has 1 amide bonds. The summed E-state index contributed by atoms with van der Waals surface area (Å²) in [6.45, 7) is 8.29. The lowest BCUT2D eigenvalue weighted by atomic mass is 10.2. The Morgan fingerprint density at radius 3 is 2.42 bits per heavy atom. The second kappa shape index (κ2) is 9.23. The van der Waals surface area contributed by atoms with Gasteiger partial charge < -0.3 is 14.5 Å². The predicted octanol–water partition coefficient (Wildman–Crippen LogP) is 2.00. The van der Waals surface area contributed by atoms with E-state index in [0.717, 1.165) is 17.1 Å². The average molecular weight is 465 g/mol. The van der Waals surface area contributed by atoms with Gasteiger partial charge in [0.05, 0.1) is 18.1 Å². The van der Waals surface area contributed by atoms with Crippen LogP contribution in [-0.4, -0.2) is 81.0 Å². The van der Waals surface area contributed by atoms with Gasteiger partial charge in [-0.1, -0.05) is 6.92 Å². The van der Waals surface area contributed by atoms with Crippen molar-refractivity contribution in [1.82, 2.24) is 14.2 Å². The van der Waals surface area contributed by atoms with E-state index in [1.165, 1.54) is 20.9 Å². The minimum Gasteiger partial charge on any atom is -0.379 e. The molecule has 0 spiro atoms. The highest BCUT2D eigenvalue weighted by atomic mass is 32.2. The first kappa shape index (κ1) is 22.2. The number of morpholine rings is 1. The van der Waals surface area contributed by atoms with Crippen molar-refractivity contribution >= 4 is 33.1 Å². The zero-order valence-electron chi connectivity index (χ0n) is 17.9. The number of rotatable bonds is 5. The van der Waals surface area contributed by atoms with Gasteiger partial charge in [0, 0.05) is 50.3 Å². The molecular weight excluding hydrogens is 436 g/mol. The largest absolute Gasteiger partial charge is 0.379 e. The van der Waals surface area contributed by atoms with Gasteiger partial charge in [-0.3, -0.25) is 4.79 Å². The number of carbonyl (C=O) groups is 1. The molecule has 2 saturated heterocycles. The Labute approximate surface area is 187 Å². The van der Waals surface area contributed by atoms with Gasteiger partial charge in [-0.2, -0.15) is 4.31 Å². The molecule has 0 atom stereocenters. The number of sulfonamides is 1. The highest BCUT2D eigenvalue weighted by Gasteiger charge is 2.28. The number of carbonyl (C=O) groups excluding carboxylic acids is 1. The van der Waals surface area contributed by atoms with Crippen LogP contribution in [0, 0.1) is 6.92 Å². The lowest BCUT2D eigenvalue weighted by molar-refractivity contribution is 0.0730. The van der Waals surface area contributed by atoms with Gasteiger partial charge in [0.1, 0.15) is 10.7 Å². The van der Waals surface area contributed by atoms with Gasteiger partial charge in [-0.15, -0.1) is 11.3 Å². The molecule has 2 aromatic heterocycles. The van der Waals surface area contributed by atoms with Crippen molar-refractivity contribution in [3.05, 3.63) is 39.7 Å². The van der Waals surface area contributed by atoms with E-state index < -0.39 is 10.0 Å². The van der Waals surface area contributed by atoms with Crippen molar-refractivity contribution in [3.8, 4) is 0 Å². The SMILES string of the molecule is CCc1cc(C(=O)N2CCN(c3ccc(S(=O)(=O)N4CCOCC4)cn3)CC2)sc1C. The maximum Gasteiger partial charge on any atom is 0.264 e. The lowest BCUT2D eigenvalue weighted by Crippen LogP contribution is -2.48. The first-order chi connectivity index (χ1) is 14.9. The molecule has 0 N–H and O–H groups in total. The quantitative estimate of drug-likeness (QED) is 0.673. The Morgan fingerprint density at radius 2 is 1.84 bits per heavy atom. The monoisotopic (exact) mass is 464 g/mol. The fourth-order valence-corrected chi connectivity index (χ4v) is 6.35. The van der Waals surface area contributed by atoms with Crippen molar-refractivity contribution in [1.29, 1.82) is 0 Å². The molecule has 2 aliphatic rings. The normalized spacial score (nSPS) is 18.4. The maximum atomic E-state index is 12.9. The highest BCUT2D eigenvalue weighted by molar-refractivity contribution is 7.89. The van der Waals surface area contributed by atoms with E-state index in [-0.39, 0.29) is 10.8 Å². The van der Waals surface area contributed by atoms with E-state index in [4.69, 9.17) is 4.74 Å². The molecule has 2 fully saturated rings. The number of hydrogen-bond donors (Lipinski definition) is 0. The molecule has 0 bridgehead atoms. The molecule has 2 aromatic rings. The van der Waals surface area contributed by atoms with Crippen LogP contribution >= 0.6 is 11.3 Å². The van der Waals surface area contributed by atoms with E-state index in [9.17, 15) is 13.2 Å². The van der Waals surface area contributed by atoms with Crippen LogP contribution in [0.25, 0.3) is 0 Å². The van der Waals surface area contributed by atoms with Crippen LogP contribution in [0.2, 0.25) is 0 Å². The molecule has 0 aliphatic carbocycles. The fraction of sp³-hybridized carbons (Fsp3) is 0.524. The maximum absolute atomic E-state index is 12.9. The Bertz CT molecular complexity index is 1020. The van der Waals surface area contributed by atoms with Gasteiger partial charge >= 0.3 is 0 Å². The summed E-state index contributed by atoms with van der Waals surface area (Å²) < 4.78 is 32.2. The number of aromatic nitrogens is 1. The van der Waals surface area contributed by atoms with Crippen LogP contribution in [-0.2, 0) is 21.2 Å². The van der Waals surface area contributed by atoms with Crippen LogP contribution in [0.1, 0.15) is 27.0 Å². The zero-order valence-corrected chi connectivity index (χ0v) is 19.5. The number of thiophene rings is 1. The minimum atomic E-state index is -3.54. The van der Waals surface area contributed by atoms with Gasteiger partial charge in [0.15, 0.2) is 0 Å². The summed E-state index contributed by atoms with van der Waals surface area (Å²) in [6.07, 6.45) is 2.37. The minimum absolute atomic E-state index is 0.0901. The number of aryl methyl sites for hydroxylation is 2. The summed E-state index contributed by atoms with van der Waals surface area (Å²) in [5.74, 6) is 0.820. The first-order valence-electron chi connectivity index (χ1n) is 10.6. The summed E-state index contributed by atoms with van der Waals surface area (Å²) in [5.41, 5.74) is 1.24. The van der Waals surface area contributed by atoms with Crippen molar-refractivity contribution in [3.63, 3.8) is 0 Å². The van der Waals surface area contributed by atoms with Gasteiger partial charge in [-0.05, 0) is 37.1 Å². The van der Waals surface area contributed by atoms with E-state index in [1.807, 2.05) is 11.0 Å². The summed E-state index contributed by atoms with van der Waals surface area (Å²) in [7, 11) is -3.54. The van der Waals surface area contributed by atoms with Crippen LogP contribution in [0.4, 0.5) is 5.82 Å². The fourth-order valence-electron chi connectivity index (χ4n) is 3.92. The van der Waals surface area contributed by atoms with Crippen LogP contribution < -0.4 is 4.90 Å². The van der Waals surface area contributed by atoms with Crippen molar-refractivity contribution in [2.75, 3.05) is 57.4 Å². The number of nitrogens with zero attached hydrogens (tertiary/aromatic N) is 4. The Morgan fingerprint density at radius 1 is 1.13 bits per heavy atom. The van der Waals surface area contributed by atoms with Gasteiger partial charge in [0.2, 0.25) is 10.0 Å². The summed E-state index contributed by atoms with van der Waals surface area (Å²) in [5, 5.41) is 0. The molecule has 168 valence electrons. The third kappa shape index (κ3) is 4.62. The average Bonchev–Trinajstić information content (AvgIpc) is 3.20. The van der Waals surface area contributed by atoms with Crippen LogP contribution in [0.15, 0.2) is 29.3 Å². The number of amides is 1. The van der Waals surface area contributed by atoms with Gasteiger partial charge in [-0.25, -0.2) is 13.4 Å². The van der Waals surface area contributed by atoms with Gasteiger partial charge in [0.25, 0.3) is 5.91 Å². The molecule has 4 heterocycles. The number of ether oxygens (including phenoxy) is 1. The molecular formula is C21H28N4O4S2. The third-order valence-corrected chi connectivity index (χ3v) is 8.79. The topological polar surface area (TPSA) is 83.1 Å². The molecule has 2 aliphatic heterocycles. The van der Waals surface area contributed by atoms with Crippen LogP contribution in [0.3, 0.4) is 0 Å². The highest BCUT2D eigenvalue weighted by Crippen LogP contribution is 2.25. The number of pyridine rings is 1. The molecule has 8 nitrogen and oxygen atoms in total. The lowest BCUT2D eigenvalue weighted by Gasteiger charge is -2.35. The van der Waals surface area contributed by atoms with Crippen molar-refractivity contribution < 1.29 is 17.9 Å². The molecule has 31 heavy (non-hydrogen) atoms. The smallest absolute Gasteiger partial charge is 0.264 e.